The predicted octanol–water partition coefficient (Wildman–Crippen LogP) is 1.52. The zero-order chi connectivity index (χ0) is 13.1. The van der Waals surface area contributed by atoms with Gasteiger partial charge in [0.05, 0.1) is 11.3 Å². The first kappa shape index (κ1) is 12.7. The third kappa shape index (κ3) is 2.39. The molecule has 2 N–H and O–H groups in total. The quantitative estimate of drug-likeness (QED) is 0.894. The Morgan fingerprint density at radius 2 is 2.11 bits per heavy atom. The smallest absolute Gasteiger partial charge is 0.269 e. The number of aromatic nitrogens is 2. The van der Waals surface area contributed by atoms with Gasteiger partial charge in [-0.25, -0.2) is 0 Å². The number of nitrogens with one attached hydrogen (secondary N) is 2. The minimum Gasteiger partial charge on any atom is -0.355 e. The second kappa shape index (κ2) is 5.23. The average Bonchev–Trinajstić information content (AvgIpc) is 2.97. The van der Waals surface area contributed by atoms with Gasteiger partial charge in [0.1, 0.15) is 9.88 Å². The summed E-state index contributed by atoms with van der Waals surface area (Å²) in [6.07, 6.45) is 0. The maximum absolute atomic E-state index is 12.0. The number of carbonyl (C=O) groups is 2. The van der Waals surface area contributed by atoms with Crippen molar-refractivity contribution in [1.82, 2.24) is 14.9 Å². The van der Waals surface area contributed by atoms with Crippen LogP contribution in [0.2, 0.25) is 0 Å². The molecule has 94 valence electrons. The molecule has 2 amide bonds. The van der Waals surface area contributed by atoms with Gasteiger partial charge in [0.2, 0.25) is 0 Å². The van der Waals surface area contributed by atoms with Crippen molar-refractivity contribution in [2.45, 2.75) is 6.92 Å². The van der Waals surface area contributed by atoms with E-state index in [0.717, 1.165) is 11.5 Å². The average molecular weight is 282 g/mol. The highest BCUT2D eigenvalue weighted by Crippen LogP contribution is 2.24. The molecule has 0 aliphatic carbocycles. The third-order valence-corrected chi connectivity index (χ3v) is 3.88. The minimum atomic E-state index is -0.296. The Morgan fingerprint density at radius 3 is 2.72 bits per heavy atom. The summed E-state index contributed by atoms with van der Waals surface area (Å²) >= 11 is 2.33. The number of anilines is 1. The van der Waals surface area contributed by atoms with E-state index < -0.39 is 0 Å². The Kier molecular flexibility index (Phi) is 3.68. The van der Waals surface area contributed by atoms with Crippen molar-refractivity contribution < 1.29 is 9.59 Å². The molecule has 2 aromatic heterocycles. The molecule has 0 aliphatic heterocycles. The van der Waals surface area contributed by atoms with Crippen molar-refractivity contribution in [2.24, 2.45) is 0 Å². The van der Waals surface area contributed by atoms with Crippen LogP contribution in [0, 0.1) is 6.92 Å². The maximum atomic E-state index is 12.0. The lowest BCUT2D eigenvalue weighted by Crippen LogP contribution is -2.20. The van der Waals surface area contributed by atoms with Gasteiger partial charge in [-0.3, -0.25) is 9.59 Å². The molecule has 2 heterocycles. The lowest BCUT2D eigenvalue weighted by Gasteiger charge is -2.04. The number of aryl methyl sites for hydroxylation is 1. The van der Waals surface area contributed by atoms with E-state index in [1.165, 1.54) is 11.3 Å². The molecule has 0 unspecified atom stereocenters. The molecular weight excluding hydrogens is 272 g/mol. The molecule has 0 saturated heterocycles. The van der Waals surface area contributed by atoms with E-state index in [4.69, 9.17) is 0 Å². The third-order valence-electron chi connectivity index (χ3n) is 2.22. The van der Waals surface area contributed by atoms with E-state index >= 15 is 0 Å². The molecule has 0 aliphatic rings. The topological polar surface area (TPSA) is 84.0 Å². The fourth-order valence-corrected chi connectivity index (χ4v) is 2.65. The van der Waals surface area contributed by atoms with Crippen LogP contribution in [-0.4, -0.2) is 28.4 Å². The molecule has 0 atom stereocenters. The van der Waals surface area contributed by atoms with Gasteiger partial charge in [0, 0.05) is 7.05 Å². The molecule has 2 rings (SSSR count). The number of nitrogens with zero attached hydrogens (tertiary/aromatic N) is 2. The molecule has 0 saturated carbocycles. The summed E-state index contributed by atoms with van der Waals surface area (Å²) in [4.78, 5) is 24.0. The molecule has 18 heavy (non-hydrogen) atoms. The van der Waals surface area contributed by atoms with Gasteiger partial charge in [0.25, 0.3) is 11.8 Å². The van der Waals surface area contributed by atoms with Crippen LogP contribution < -0.4 is 10.6 Å². The number of hydrogen-bond acceptors (Lipinski definition) is 6. The zero-order valence-electron chi connectivity index (χ0n) is 9.68. The van der Waals surface area contributed by atoms with Crippen LogP contribution in [0.5, 0.6) is 0 Å². The van der Waals surface area contributed by atoms with Crippen LogP contribution >= 0.6 is 22.9 Å². The normalized spacial score (nSPS) is 10.1. The highest BCUT2D eigenvalue weighted by atomic mass is 32.1. The van der Waals surface area contributed by atoms with Crippen LogP contribution in [0.15, 0.2) is 11.4 Å². The molecule has 0 spiro atoms. The molecule has 0 bridgehead atoms. The number of amides is 2. The minimum absolute atomic E-state index is 0.231. The summed E-state index contributed by atoms with van der Waals surface area (Å²) in [5.41, 5.74) is 1.03. The van der Waals surface area contributed by atoms with E-state index in [1.807, 2.05) is 0 Å². The van der Waals surface area contributed by atoms with Crippen molar-refractivity contribution in [2.75, 3.05) is 12.4 Å². The van der Waals surface area contributed by atoms with E-state index in [9.17, 15) is 9.59 Å². The second-order valence-corrected chi connectivity index (χ2v) is 5.05. The standard InChI is InChI=1S/C10H10N4O2S2/c1-5-7(18-14-13-5)9(16)12-10-6(3-4-17-10)8(15)11-2/h3-4H,1-2H3,(H,11,15)(H,12,16). The molecule has 0 aromatic carbocycles. The highest BCUT2D eigenvalue weighted by Gasteiger charge is 2.17. The Balaban J connectivity index is 2.20. The Hall–Kier alpha value is -1.80. The first-order chi connectivity index (χ1) is 8.63. The fourth-order valence-electron chi connectivity index (χ4n) is 1.32. The summed E-state index contributed by atoms with van der Waals surface area (Å²) in [6.45, 7) is 1.71. The molecule has 0 radical (unpaired) electrons. The summed E-state index contributed by atoms with van der Waals surface area (Å²) in [5.74, 6) is -0.527. The molecule has 0 fully saturated rings. The van der Waals surface area contributed by atoms with E-state index in [2.05, 4.69) is 20.2 Å². The number of hydrogen-bond donors (Lipinski definition) is 2. The molecular formula is C10H10N4O2S2. The van der Waals surface area contributed by atoms with Crippen molar-refractivity contribution in [3.8, 4) is 0 Å². The molecule has 6 nitrogen and oxygen atoms in total. The Morgan fingerprint density at radius 1 is 1.33 bits per heavy atom. The molecule has 8 heteroatoms. The van der Waals surface area contributed by atoms with Gasteiger partial charge >= 0.3 is 0 Å². The van der Waals surface area contributed by atoms with Crippen LogP contribution in [0.3, 0.4) is 0 Å². The largest absolute Gasteiger partial charge is 0.355 e. The van der Waals surface area contributed by atoms with Crippen LogP contribution in [0.25, 0.3) is 0 Å². The number of thiophene rings is 1. The van der Waals surface area contributed by atoms with E-state index in [-0.39, 0.29) is 11.8 Å². The van der Waals surface area contributed by atoms with Crippen LogP contribution in [0.4, 0.5) is 5.00 Å². The predicted molar refractivity (Wildman–Crippen MR) is 70.3 cm³/mol. The van der Waals surface area contributed by atoms with E-state index in [0.29, 0.717) is 21.1 Å². The van der Waals surface area contributed by atoms with E-state index in [1.54, 1.807) is 25.4 Å². The summed E-state index contributed by atoms with van der Waals surface area (Å²) in [5, 5.41) is 11.3. The summed E-state index contributed by atoms with van der Waals surface area (Å²) < 4.78 is 3.70. The highest BCUT2D eigenvalue weighted by molar-refractivity contribution is 7.15. The van der Waals surface area contributed by atoms with Gasteiger partial charge in [-0.1, -0.05) is 4.49 Å². The lowest BCUT2D eigenvalue weighted by molar-refractivity contribution is 0.0964. The second-order valence-electron chi connectivity index (χ2n) is 3.38. The fraction of sp³-hybridized carbons (Fsp3) is 0.200. The van der Waals surface area contributed by atoms with Crippen molar-refractivity contribution in [3.05, 3.63) is 27.6 Å². The number of carbonyl (C=O) groups excluding carboxylic acids is 2. The Labute approximate surface area is 111 Å². The van der Waals surface area contributed by atoms with Crippen molar-refractivity contribution >= 4 is 39.7 Å². The first-order valence-corrected chi connectivity index (χ1v) is 6.68. The zero-order valence-corrected chi connectivity index (χ0v) is 11.3. The number of rotatable bonds is 3. The Bertz CT molecular complexity index is 590. The first-order valence-electron chi connectivity index (χ1n) is 5.03. The van der Waals surface area contributed by atoms with Gasteiger partial charge in [-0.15, -0.1) is 16.4 Å². The summed E-state index contributed by atoms with van der Waals surface area (Å²) in [6, 6.07) is 1.66. The van der Waals surface area contributed by atoms with Gasteiger partial charge in [0.15, 0.2) is 0 Å². The van der Waals surface area contributed by atoms with Gasteiger partial charge in [-0.2, -0.15) is 0 Å². The van der Waals surface area contributed by atoms with Crippen LogP contribution in [0.1, 0.15) is 25.7 Å². The van der Waals surface area contributed by atoms with Crippen LogP contribution in [-0.2, 0) is 0 Å². The SMILES string of the molecule is CNC(=O)c1ccsc1NC(=O)c1snnc1C. The van der Waals surface area contributed by atoms with Gasteiger partial charge < -0.3 is 10.6 Å². The van der Waals surface area contributed by atoms with Gasteiger partial charge in [-0.05, 0) is 29.9 Å². The maximum Gasteiger partial charge on any atom is 0.269 e. The lowest BCUT2D eigenvalue weighted by atomic mass is 10.3. The van der Waals surface area contributed by atoms with Crippen molar-refractivity contribution in [1.29, 1.82) is 0 Å². The van der Waals surface area contributed by atoms with Crippen molar-refractivity contribution in [3.63, 3.8) is 0 Å². The monoisotopic (exact) mass is 282 g/mol. The molecule has 2 aromatic rings. The summed E-state index contributed by atoms with van der Waals surface area (Å²) in [7, 11) is 1.54.